The summed E-state index contributed by atoms with van der Waals surface area (Å²) >= 11 is 0. The van der Waals surface area contributed by atoms with Crippen LogP contribution in [0.1, 0.15) is 41.5 Å². The molecule has 2 N–H and O–H groups in total. The van der Waals surface area contributed by atoms with Gasteiger partial charge in [-0.1, -0.05) is 72.8 Å². The number of nitrogens with one attached hydrogen (secondary N) is 1. The van der Waals surface area contributed by atoms with E-state index in [1.807, 2.05) is 43.3 Å². The molecule has 0 saturated carbocycles. The van der Waals surface area contributed by atoms with Gasteiger partial charge in [-0.05, 0) is 59.2 Å². The predicted molar refractivity (Wildman–Crippen MR) is 157 cm³/mol. The quantitative estimate of drug-likeness (QED) is 0.213. The molecule has 0 aromatic heterocycles. The topological polar surface area (TPSA) is 86.3 Å². The van der Waals surface area contributed by atoms with Gasteiger partial charge in [0.05, 0.1) is 26.4 Å². The zero-order chi connectivity index (χ0) is 28.4. The van der Waals surface area contributed by atoms with E-state index in [0.717, 1.165) is 12.0 Å². The van der Waals surface area contributed by atoms with Gasteiger partial charge in [0.2, 0.25) is 6.29 Å². The molecule has 0 fully saturated rings. The van der Waals surface area contributed by atoms with Crippen LogP contribution < -0.4 is 5.32 Å². The molecular formula is C34H39NO6. The van der Waals surface area contributed by atoms with Crippen molar-refractivity contribution in [2.75, 3.05) is 39.6 Å². The smallest absolute Gasteiger partial charge is 0.286 e. The molecule has 3 aromatic rings. The third-order valence-electron chi connectivity index (χ3n) is 7.68. The van der Waals surface area contributed by atoms with Crippen molar-refractivity contribution in [2.24, 2.45) is 5.92 Å². The lowest BCUT2D eigenvalue weighted by molar-refractivity contribution is -0.168. The summed E-state index contributed by atoms with van der Waals surface area (Å²) in [5.41, 5.74) is 7.33. The molecule has 1 aliphatic carbocycles. The van der Waals surface area contributed by atoms with Crippen LogP contribution in [0, 0.1) is 5.92 Å². The number of allylic oxidation sites excluding steroid dienone is 1. The van der Waals surface area contributed by atoms with Gasteiger partial charge >= 0.3 is 0 Å². The maximum atomic E-state index is 13.4. The summed E-state index contributed by atoms with van der Waals surface area (Å²) in [6.07, 6.45) is 2.92. The highest BCUT2D eigenvalue weighted by atomic mass is 16.7. The number of rotatable bonds is 14. The summed E-state index contributed by atoms with van der Waals surface area (Å²) in [5, 5.41) is 11.9. The SMILES string of the molecule is CCOC1OC(C(=O)NCc2ccccc2)=CC(c2cccc3c2Cc2ccccc2-3)C1CCOCCOCCO. The van der Waals surface area contributed by atoms with Crippen LogP contribution in [-0.2, 0) is 36.7 Å². The number of benzene rings is 3. The normalized spacial score (nSPS) is 19.2. The Labute approximate surface area is 242 Å². The summed E-state index contributed by atoms with van der Waals surface area (Å²) in [6.45, 7) is 4.47. The average Bonchev–Trinajstić information content (AvgIpc) is 3.39. The summed E-state index contributed by atoms with van der Waals surface area (Å²) in [4.78, 5) is 13.4. The Morgan fingerprint density at radius 1 is 0.927 bits per heavy atom. The van der Waals surface area contributed by atoms with Crippen molar-refractivity contribution in [1.29, 1.82) is 0 Å². The Morgan fingerprint density at radius 3 is 2.49 bits per heavy atom. The standard InChI is InChI=1S/C34H39NO6/c1-2-40-34-29(15-17-38-19-20-39-18-16-36)31(22-32(41-34)33(37)35-23-24-9-4-3-5-10-24)28-14-8-13-27-26-12-7-6-11-25(26)21-30(27)28/h3-14,22,29,31,34,36H,2,15-21,23H2,1H3,(H,35,37). The van der Waals surface area contributed by atoms with Crippen molar-refractivity contribution in [3.8, 4) is 11.1 Å². The lowest BCUT2D eigenvalue weighted by Gasteiger charge is -2.37. The van der Waals surface area contributed by atoms with Gasteiger partial charge in [-0.25, -0.2) is 0 Å². The first-order chi connectivity index (χ1) is 20.2. The van der Waals surface area contributed by atoms with Crippen LogP contribution in [0.2, 0.25) is 0 Å². The van der Waals surface area contributed by atoms with Crippen molar-refractivity contribution in [3.05, 3.63) is 107 Å². The summed E-state index contributed by atoms with van der Waals surface area (Å²) in [5.74, 6) is -0.132. The van der Waals surface area contributed by atoms with E-state index in [1.54, 1.807) is 0 Å². The fraction of sp³-hybridized carbons (Fsp3) is 0.382. The molecule has 216 valence electrons. The van der Waals surface area contributed by atoms with Crippen LogP contribution in [0.25, 0.3) is 11.1 Å². The zero-order valence-electron chi connectivity index (χ0n) is 23.6. The number of aliphatic hydroxyl groups is 1. The van der Waals surface area contributed by atoms with E-state index in [9.17, 15) is 4.79 Å². The molecule has 1 amide bonds. The van der Waals surface area contributed by atoms with Gasteiger partial charge in [-0.15, -0.1) is 0 Å². The fourth-order valence-corrected chi connectivity index (χ4v) is 5.76. The van der Waals surface area contributed by atoms with E-state index >= 15 is 0 Å². The van der Waals surface area contributed by atoms with E-state index in [2.05, 4.69) is 47.8 Å². The van der Waals surface area contributed by atoms with Gasteiger partial charge in [0, 0.05) is 31.6 Å². The van der Waals surface area contributed by atoms with Crippen molar-refractivity contribution >= 4 is 5.91 Å². The van der Waals surface area contributed by atoms with Gasteiger partial charge in [0.1, 0.15) is 0 Å². The van der Waals surface area contributed by atoms with Crippen LogP contribution in [0.15, 0.2) is 84.6 Å². The highest BCUT2D eigenvalue weighted by Crippen LogP contribution is 2.45. The third kappa shape index (κ3) is 7.05. The number of hydrogen-bond donors (Lipinski definition) is 2. The number of amides is 1. The zero-order valence-corrected chi connectivity index (χ0v) is 23.6. The number of hydrogen-bond acceptors (Lipinski definition) is 6. The minimum Gasteiger partial charge on any atom is -0.459 e. The van der Waals surface area contributed by atoms with E-state index < -0.39 is 6.29 Å². The highest BCUT2D eigenvalue weighted by Gasteiger charge is 2.39. The van der Waals surface area contributed by atoms with Gasteiger partial charge in [0.25, 0.3) is 5.91 Å². The van der Waals surface area contributed by atoms with E-state index in [4.69, 9.17) is 24.1 Å². The first kappa shape index (κ1) is 29.0. The lowest BCUT2D eigenvalue weighted by atomic mass is 9.78. The second kappa shape index (κ2) is 14.4. The maximum Gasteiger partial charge on any atom is 0.286 e. The van der Waals surface area contributed by atoms with Gasteiger partial charge in [-0.2, -0.15) is 0 Å². The van der Waals surface area contributed by atoms with Crippen LogP contribution in [-0.4, -0.2) is 56.9 Å². The largest absolute Gasteiger partial charge is 0.459 e. The lowest BCUT2D eigenvalue weighted by Crippen LogP contribution is -2.39. The van der Waals surface area contributed by atoms with E-state index in [1.165, 1.54) is 27.8 Å². The van der Waals surface area contributed by atoms with Crippen molar-refractivity contribution < 1.29 is 28.8 Å². The minimum absolute atomic E-state index is 0.00398. The van der Waals surface area contributed by atoms with E-state index in [0.29, 0.717) is 46.0 Å². The summed E-state index contributed by atoms with van der Waals surface area (Å²) in [6, 6.07) is 24.8. The molecule has 7 heteroatoms. The second-order valence-electron chi connectivity index (χ2n) is 10.3. The van der Waals surface area contributed by atoms with Gasteiger partial charge in [0.15, 0.2) is 5.76 Å². The molecule has 1 aliphatic heterocycles. The number of aliphatic hydroxyl groups excluding tert-OH is 1. The first-order valence-electron chi connectivity index (χ1n) is 14.5. The summed E-state index contributed by atoms with van der Waals surface area (Å²) in [7, 11) is 0. The Kier molecular flexibility index (Phi) is 10.2. The monoisotopic (exact) mass is 557 g/mol. The molecule has 0 bridgehead atoms. The number of ether oxygens (including phenoxy) is 4. The van der Waals surface area contributed by atoms with E-state index in [-0.39, 0.29) is 30.1 Å². The molecule has 3 unspecified atom stereocenters. The predicted octanol–water partition coefficient (Wildman–Crippen LogP) is 4.97. The molecule has 0 spiro atoms. The van der Waals surface area contributed by atoms with Crippen molar-refractivity contribution in [1.82, 2.24) is 5.32 Å². The Bertz CT molecular complexity index is 1320. The Balaban J connectivity index is 1.42. The molecule has 2 aliphatic rings. The number of carbonyl (C=O) groups is 1. The average molecular weight is 558 g/mol. The molecule has 3 aromatic carbocycles. The molecule has 0 radical (unpaired) electrons. The third-order valence-corrected chi connectivity index (χ3v) is 7.68. The van der Waals surface area contributed by atoms with Crippen LogP contribution in [0.3, 0.4) is 0 Å². The fourth-order valence-electron chi connectivity index (χ4n) is 5.76. The van der Waals surface area contributed by atoms with Crippen LogP contribution >= 0.6 is 0 Å². The molecule has 1 heterocycles. The van der Waals surface area contributed by atoms with Crippen LogP contribution in [0.4, 0.5) is 0 Å². The molecule has 3 atom stereocenters. The van der Waals surface area contributed by atoms with Gasteiger partial charge in [-0.3, -0.25) is 4.79 Å². The molecule has 41 heavy (non-hydrogen) atoms. The van der Waals surface area contributed by atoms with Crippen molar-refractivity contribution in [2.45, 2.75) is 38.5 Å². The molecular weight excluding hydrogens is 518 g/mol. The van der Waals surface area contributed by atoms with Crippen molar-refractivity contribution in [3.63, 3.8) is 0 Å². The minimum atomic E-state index is -0.596. The summed E-state index contributed by atoms with van der Waals surface area (Å²) < 4.78 is 23.6. The number of carbonyl (C=O) groups excluding carboxylic acids is 1. The highest BCUT2D eigenvalue weighted by molar-refractivity contribution is 5.91. The first-order valence-corrected chi connectivity index (χ1v) is 14.5. The Hall–Kier alpha value is -3.49. The second-order valence-corrected chi connectivity index (χ2v) is 10.3. The molecule has 5 rings (SSSR count). The number of fused-ring (bicyclic) bond motifs is 3. The van der Waals surface area contributed by atoms with Crippen LogP contribution in [0.5, 0.6) is 0 Å². The molecule has 0 saturated heterocycles. The molecule has 7 nitrogen and oxygen atoms in total. The maximum absolute atomic E-state index is 13.4. The van der Waals surface area contributed by atoms with Gasteiger partial charge < -0.3 is 29.4 Å². The Morgan fingerprint density at radius 2 is 1.68 bits per heavy atom.